The minimum atomic E-state index is -4.69. The van der Waals surface area contributed by atoms with Crippen molar-refractivity contribution in [3.8, 4) is 0 Å². The molecule has 20 heavy (non-hydrogen) atoms. The van der Waals surface area contributed by atoms with Crippen LogP contribution in [0, 0.1) is 0 Å². The van der Waals surface area contributed by atoms with Crippen LogP contribution in [0.25, 0.3) is 0 Å². The van der Waals surface area contributed by atoms with Crippen LogP contribution in [0.5, 0.6) is 0 Å². The molecule has 0 aliphatic heterocycles. The molecule has 1 aromatic rings. The molecule has 0 atom stereocenters. The molecule has 0 heterocycles. The van der Waals surface area contributed by atoms with Gasteiger partial charge in [0.1, 0.15) is 0 Å². The summed E-state index contributed by atoms with van der Waals surface area (Å²) in [6.45, 7) is 1.57. The van der Waals surface area contributed by atoms with E-state index >= 15 is 0 Å². The van der Waals surface area contributed by atoms with Crippen LogP contribution in [-0.2, 0) is 16.2 Å². The number of aromatic carboxylic acids is 1. The van der Waals surface area contributed by atoms with Crippen molar-refractivity contribution < 1.29 is 31.5 Å². The van der Waals surface area contributed by atoms with Crippen LogP contribution in [0.1, 0.15) is 29.3 Å². The topological polar surface area (TPSA) is 83.5 Å². The van der Waals surface area contributed by atoms with Crippen LogP contribution < -0.4 is 4.72 Å². The zero-order chi connectivity index (χ0) is 15.6. The minimum Gasteiger partial charge on any atom is -0.478 e. The van der Waals surface area contributed by atoms with Gasteiger partial charge in [-0.15, -0.1) is 0 Å². The lowest BCUT2D eigenvalue weighted by molar-refractivity contribution is -0.137. The number of benzene rings is 1. The molecular formula is C11H12F3NO4S. The maximum absolute atomic E-state index is 12.6. The smallest absolute Gasteiger partial charge is 0.416 e. The average molecular weight is 311 g/mol. The molecule has 0 aliphatic carbocycles. The Labute approximate surface area is 113 Å². The summed E-state index contributed by atoms with van der Waals surface area (Å²) in [6, 6.07) is 1.77. The zero-order valence-corrected chi connectivity index (χ0v) is 11.2. The van der Waals surface area contributed by atoms with Gasteiger partial charge in [-0.25, -0.2) is 13.2 Å². The Morgan fingerprint density at radius 3 is 2.40 bits per heavy atom. The van der Waals surface area contributed by atoms with Gasteiger partial charge in [-0.05, 0) is 24.6 Å². The normalized spacial score (nSPS) is 12.2. The Bertz CT molecular complexity index is 611. The summed E-state index contributed by atoms with van der Waals surface area (Å²) in [5, 5.41) is 8.87. The maximum Gasteiger partial charge on any atom is 0.416 e. The van der Waals surface area contributed by atoms with E-state index in [4.69, 9.17) is 5.11 Å². The number of carbonyl (C=O) groups is 1. The monoisotopic (exact) mass is 311 g/mol. The summed E-state index contributed by atoms with van der Waals surface area (Å²) in [6.07, 6.45) is -4.45. The molecule has 112 valence electrons. The van der Waals surface area contributed by atoms with Gasteiger partial charge in [0, 0.05) is 0 Å². The SMILES string of the molecule is CCCS(=O)(=O)Nc1cc(C(F)(F)F)ccc1C(=O)O. The molecule has 1 aromatic carbocycles. The fourth-order valence-electron chi connectivity index (χ4n) is 1.48. The number of carboxylic acids is 1. The largest absolute Gasteiger partial charge is 0.478 e. The highest BCUT2D eigenvalue weighted by Gasteiger charge is 2.32. The first-order chi connectivity index (χ1) is 9.07. The molecule has 0 aliphatic rings. The number of sulfonamides is 1. The molecule has 0 spiro atoms. The lowest BCUT2D eigenvalue weighted by atomic mass is 10.1. The van der Waals surface area contributed by atoms with E-state index in [1.165, 1.54) is 0 Å². The number of hydrogen-bond acceptors (Lipinski definition) is 3. The number of alkyl halides is 3. The van der Waals surface area contributed by atoms with Gasteiger partial charge in [-0.1, -0.05) is 6.92 Å². The second-order valence-corrected chi connectivity index (χ2v) is 5.83. The van der Waals surface area contributed by atoms with E-state index in [1.807, 2.05) is 4.72 Å². The Kier molecular flexibility index (Phi) is 4.64. The number of anilines is 1. The lowest BCUT2D eigenvalue weighted by Gasteiger charge is -2.13. The van der Waals surface area contributed by atoms with Gasteiger partial charge in [0.05, 0.1) is 22.6 Å². The molecule has 0 fully saturated rings. The van der Waals surface area contributed by atoms with Crippen molar-refractivity contribution in [1.29, 1.82) is 0 Å². The third kappa shape index (κ3) is 4.12. The van der Waals surface area contributed by atoms with Gasteiger partial charge in [-0.3, -0.25) is 4.72 Å². The third-order valence-corrected chi connectivity index (χ3v) is 3.79. The number of carboxylic acid groups (broad SMARTS) is 1. The van der Waals surface area contributed by atoms with Gasteiger partial charge >= 0.3 is 12.1 Å². The third-order valence-electron chi connectivity index (χ3n) is 2.32. The van der Waals surface area contributed by atoms with Crippen LogP contribution in [0.15, 0.2) is 18.2 Å². The minimum absolute atomic E-state index is 0.247. The molecule has 0 saturated heterocycles. The molecule has 5 nitrogen and oxygen atoms in total. The van der Waals surface area contributed by atoms with E-state index in [9.17, 15) is 26.4 Å². The summed E-state index contributed by atoms with van der Waals surface area (Å²) in [7, 11) is -3.88. The Hall–Kier alpha value is -1.77. The van der Waals surface area contributed by atoms with Crippen molar-refractivity contribution in [3.05, 3.63) is 29.3 Å². The Morgan fingerprint density at radius 1 is 1.35 bits per heavy atom. The first kappa shape index (κ1) is 16.3. The molecule has 0 unspecified atom stereocenters. The van der Waals surface area contributed by atoms with Crippen LogP contribution in [-0.4, -0.2) is 25.2 Å². The molecule has 0 bridgehead atoms. The average Bonchev–Trinajstić information content (AvgIpc) is 2.26. The molecule has 0 saturated carbocycles. The first-order valence-electron chi connectivity index (χ1n) is 5.52. The highest BCUT2D eigenvalue weighted by Crippen LogP contribution is 2.32. The van der Waals surface area contributed by atoms with Gasteiger partial charge in [0.15, 0.2) is 0 Å². The van der Waals surface area contributed by atoms with Gasteiger partial charge < -0.3 is 5.11 Å². The van der Waals surface area contributed by atoms with E-state index < -0.39 is 39.0 Å². The van der Waals surface area contributed by atoms with E-state index in [-0.39, 0.29) is 12.2 Å². The predicted octanol–water partition coefficient (Wildman–Crippen LogP) is 2.56. The summed E-state index contributed by atoms with van der Waals surface area (Å²) in [5.41, 5.74) is -2.27. The number of nitrogens with one attached hydrogen (secondary N) is 1. The summed E-state index contributed by atoms with van der Waals surface area (Å²) in [5.74, 6) is -1.84. The zero-order valence-electron chi connectivity index (χ0n) is 10.4. The van der Waals surface area contributed by atoms with Crippen molar-refractivity contribution in [2.24, 2.45) is 0 Å². The summed E-state index contributed by atoms with van der Waals surface area (Å²) in [4.78, 5) is 10.9. The first-order valence-corrected chi connectivity index (χ1v) is 7.17. The van der Waals surface area contributed by atoms with E-state index in [0.29, 0.717) is 12.1 Å². The molecule has 1 rings (SSSR count). The highest BCUT2D eigenvalue weighted by atomic mass is 32.2. The van der Waals surface area contributed by atoms with Crippen LogP contribution in [0.3, 0.4) is 0 Å². The Morgan fingerprint density at radius 2 is 1.95 bits per heavy atom. The van der Waals surface area contributed by atoms with Crippen LogP contribution in [0.2, 0.25) is 0 Å². The summed E-state index contributed by atoms with van der Waals surface area (Å²) < 4.78 is 62.6. The fraction of sp³-hybridized carbons (Fsp3) is 0.364. The highest BCUT2D eigenvalue weighted by molar-refractivity contribution is 7.92. The molecule has 0 amide bonds. The number of rotatable bonds is 5. The number of halogens is 3. The quantitative estimate of drug-likeness (QED) is 0.875. The molecular weight excluding hydrogens is 299 g/mol. The van der Waals surface area contributed by atoms with Crippen molar-refractivity contribution in [3.63, 3.8) is 0 Å². The van der Waals surface area contributed by atoms with E-state index in [1.54, 1.807) is 6.92 Å². The van der Waals surface area contributed by atoms with Gasteiger partial charge in [-0.2, -0.15) is 13.2 Å². The maximum atomic E-state index is 12.6. The van der Waals surface area contributed by atoms with E-state index in [2.05, 4.69) is 0 Å². The lowest BCUT2D eigenvalue weighted by Crippen LogP contribution is -2.19. The van der Waals surface area contributed by atoms with Crippen molar-refractivity contribution in [1.82, 2.24) is 0 Å². The second kappa shape index (κ2) is 5.70. The van der Waals surface area contributed by atoms with Crippen LogP contribution >= 0.6 is 0 Å². The Balaban J connectivity index is 3.30. The van der Waals surface area contributed by atoms with Crippen molar-refractivity contribution in [2.45, 2.75) is 19.5 Å². The van der Waals surface area contributed by atoms with Crippen molar-refractivity contribution >= 4 is 21.7 Å². The molecule has 9 heteroatoms. The van der Waals surface area contributed by atoms with E-state index in [0.717, 1.165) is 6.07 Å². The van der Waals surface area contributed by atoms with Crippen molar-refractivity contribution in [2.75, 3.05) is 10.5 Å². The second-order valence-electron chi connectivity index (χ2n) is 3.98. The number of hydrogen-bond donors (Lipinski definition) is 2. The van der Waals surface area contributed by atoms with Crippen LogP contribution in [0.4, 0.5) is 18.9 Å². The summed E-state index contributed by atoms with van der Waals surface area (Å²) >= 11 is 0. The fourth-order valence-corrected chi connectivity index (χ4v) is 2.62. The molecule has 0 radical (unpaired) electrons. The molecule has 0 aromatic heterocycles. The molecule has 2 N–H and O–H groups in total. The van der Waals surface area contributed by atoms with Gasteiger partial charge in [0.2, 0.25) is 10.0 Å². The standard InChI is InChI=1S/C11H12F3NO4S/c1-2-5-20(18,19)15-9-6-7(11(12,13)14)3-4-8(9)10(16)17/h3-4,6,15H,2,5H2,1H3,(H,16,17). The predicted molar refractivity (Wildman–Crippen MR) is 66.1 cm³/mol. The van der Waals surface area contributed by atoms with Gasteiger partial charge in [0.25, 0.3) is 0 Å².